The Morgan fingerprint density at radius 1 is 1.21 bits per heavy atom. The first-order valence-electron chi connectivity index (χ1n) is 9.80. The number of rotatable bonds is 8. The molecule has 2 N–H and O–H groups in total. The Kier molecular flexibility index (Phi) is 7.36. The van der Waals surface area contributed by atoms with Gasteiger partial charge in [0.05, 0.1) is 33.3 Å². The van der Waals surface area contributed by atoms with Crippen molar-refractivity contribution in [3.05, 3.63) is 53.1 Å². The van der Waals surface area contributed by atoms with Gasteiger partial charge >= 0.3 is 0 Å². The molecule has 7 heteroatoms. The number of piperazine rings is 1. The van der Waals surface area contributed by atoms with Crippen LogP contribution < -0.4 is 19.3 Å². The number of hydrogen-bond donors (Lipinski definition) is 2. The summed E-state index contributed by atoms with van der Waals surface area (Å²) in [4.78, 5) is 15.2. The molecule has 0 radical (unpaired) electrons. The number of nitrogens with zero attached hydrogens (tertiary/aromatic N) is 1. The normalized spacial score (nSPS) is 15.8. The number of Topliss-reactive ketones (excluding diaryl/α,β-unsaturated/α-hetero) is 1. The van der Waals surface area contributed by atoms with Gasteiger partial charge in [-0.15, -0.1) is 0 Å². The predicted molar refractivity (Wildman–Crippen MR) is 114 cm³/mol. The highest BCUT2D eigenvalue weighted by Crippen LogP contribution is 2.28. The van der Waals surface area contributed by atoms with E-state index in [4.69, 9.17) is 21.1 Å². The van der Waals surface area contributed by atoms with Crippen molar-refractivity contribution >= 4 is 23.1 Å². The minimum absolute atomic E-state index is 0.0320. The number of aliphatic hydroxyl groups excluding tert-OH is 1. The summed E-state index contributed by atoms with van der Waals surface area (Å²) >= 11 is 6.09. The summed E-state index contributed by atoms with van der Waals surface area (Å²) in [7, 11) is 1.53. The molecule has 0 amide bonds. The number of carbonyl (C=O) groups excluding carboxylic acids is 1. The van der Waals surface area contributed by atoms with E-state index in [0.29, 0.717) is 23.6 Å². The van der Waals surface area contributed by atoms with Gasteiger partial charge in [-0.2, -0.15) is 0 Å². The van der Waals surface area contributed by atoms with Crippen LogP contribution in [0.4, 0.5) is 5.69 Å². The third-order valence-electron chi connectivity index (χ3n) is 5.17. The molecule has 1 atom stereocenters. The lowest BCUT2D eigenvalue weighted by Crippen LogP contribution is -3.16. The van der Waals surface area contributed by atoms with Crippen molar-refractivity contribution < 1.29 is 24.3 Å². The molecule has 1 fully saturated rings. The Balaban J connectivity index is 1.47. The van der Waals surface area contributed by atoms with Crippen LogP contribution in [0, 0.1) is 0 Å². The first-order chi connectivity index (χ1) is 14.0. The summed E-state index contributed by atoms with van der Waals surface area (Å²) in [5.41, 5.74) is 1.71. The van der Waals surface area contributed by atoms with Crippen LogP contribution in [0.3, 0.4) is 0 Å². The molecular weight excluding hydrogens is 392 g/mol. The zero-order chi connectivity index (χ0) is 20.8. The molecule has 2 aromatic rings. The smallest absolute Gasteiger partial charge is 0.161 e. The molecule has 0 unspecified atom stereocenters. The maximum absolute atomic E-state index is 11.5. The molecule has 0 aromatic heterocycles. The van der Waals surface area contributed by atoms with Crippen LogP contribution in [0.15, 0.2) is 42.5 Å². The Morgan fingerprint density at radius 2 is 1.97 bits per heavy atom. The molecule has 1 aliphatic heterocycles. The van der Waals surface area contributed by atoms with Crippen LogP contribution in [-0.2, 0) is 0 Å². The van der Waals surface area contributed by atoms with Crippen LogP contribution in [-0.4, -0.2) is 63.4 Å². The van der Waals surface area contributed by atoms with Crippen molar-refractivity contribution in [1.82, 2.24) is 0 Å². The van der Waals surface area contributed by atoms with Gasteiger partial charge in [0.1, 0.15) is 19.3 Å². The summed E-state index contributed by atoms with van der Waals surface area (Å²) < 4.78 is 11.0. The molecule has 0 saturated carbocycles. The second kappa shape index (κ2) is 9.96. The van der Waals surface area contributed by atoms with Gasteiger partial charge in [0.15, 0.2) is 17.3 Å². The number of hydrogen-bond acceptors (Lipinski definition) is 5. The van der Waals surface area contributed by atoms with E-state index < -0.39 is 6.10 Å². The second-order valence-electron chi connectivity index (χ2n) is 7.31. The van der Waals surface area contributed by atoms with Crippen molar-refractivity contribution in [1.29, 1.82) is 0 Å². The van der Waals surface area contributed by atoms with Gasteiger partial charge in [0, 0.05) is 16.3 Å². The summed E-state index contributed by atoms with van der Waals surface area (Å²) in [6.45, 7) is 6.04. The van der Waals surface area contributed by atoms with Crippen molar-refractivity contribution in [3.8, 4) is 11.5 Å². The molecule has 1 aliphatic rings. The molecule has 156 valence electrons. The van der Waals surface area contributed by atoms with E-state index in [0.717, 1.165) is 36.9 Å². The quantitative estimate of drug-likeness (QED) is 0.638. The lowest BCUT2D eigenvalue weighted by atomic mass is 10.1. The number of anilines is 1. The molecule has 0 aliphatic carbocycles. The van der Waals surface area contributed by atoms with E-state index in [1.807, 2.05) is 18.2 Å². The molecule has 0 spiro atoms. The van der Waals surface area contributed by atoms with Crippen LogP contribution in [0.1, 0.15) is 17.3 Å². The molecule has 1 saturated heterocycles. The molecule has 29 heavy (non-hydrogen) atoms. The number of ketones is 1. The zero-order valence-electron chi connectivity index (χ0n) is 16.9. The number of aliphatic hydroxyl groups is 1. The maximum atomic E-state index is 11.5. The fourth-order valence-corrected chi connectivity index (χ4v) is 3.73. The second-order valence-corrected chi connectivity index (χ2v) is 7.74. The predicted octanol–water partition coefficient (Wildman–Crippen LogP) is 1.70. The standard InChI is InChI=1S/C22H27ClN2O4/c1-16(26)17-6-7-21(22(12-17)28-2)29-15-20(27)14-24-8-10-25(11-9-24)19-5-3-4-18(23)13-19/h3-7,12-13,20,27H,8-11,14-15H2,1-2H3/p+1/t20-/m1/s1. The highest BCUT2D eigenvalue weighted by atomic mass is 35.5. The number of nitrogens with one attached hydrogen (secondary N) is 1. The molecule has 3 rings (SSSR count). The van der Waals surface area contributed by atoms with Crippen molar-refractivity contribution in [2.45, 2.75) is 13.0 Å². The third kappa shape index (κ3) is 5.85. The number of benzene rings is 2. The number of carbonyl (C=O) groups is 1. The van der Waals surface area contributed by atoms with Crippen molar-refractivity contribution in [2.75, 3.05) is 51.3 Å². The van der Waals surface area contributed by atoms with Crippen LogP contribution in [0.25, 0.3) is 0 Å². The van der Waals surface area contributed by atoms with Crippen molar-refractivity contribution in [3.63, 3.8) is 0 Å². The average molecular weight is 420 g/mol. The molecule has 6 nitrogen and oxygen atoms in total. The topological polar surface area (TPSA) is 63.4 Å². The van der Waals surface area contributed by atoms with Gasteiger partial charge in [-0.3, -0.25) is 4.79 Å². The van der Waals surface area contributed by atoms with E-state index in [2.05, 4.69) is 11.0 Å². The van der Waals surface area contributed by atoms with E-state index in [1.165, 1.54) is 18.9 Å². The molecule has 1 heterocycles. The Hall–Kier alpha value is -2.28. The van der Waals surface area contributed by atoms with E-state index in [1.54, 1.807) is 18.2 Å². The van der Waals surface area contributed by atoms with Crippen LogP contribution >= 0.6 is 11.6 Å². The summed E-state index contributed by atoms with van der Waals surface area (Å²) in [6, 6.07) is 13.0. The Labute approximate surface area is 176 Å². The van der Waals surface area contributed by atoms with Crippen LogP contribution in [0.2, 0.25) is 5.02 Å². The maximum Gasteiger partial charge on any atom is 0.161 e. The number of methoxy groups -OCH3 is 1. The van der Waals surface area contributed by atoms with E-state index >= 15 is 0 Å². The minimum Gasteiger partial charge on any atom is -0.493 e. The van der Waals surface area contributed by atoms with Gasteiger partial charge in [-0.05, 0) is 43.3 Å². The van der Waals surface area contributed by atoms with Crippen LogP contribution in [0.5, 0.6) is 11.5 Å². The fraction of sp³-hybridized carbons (Fsp3) is 0.409. The van der Waals surface area contributed by atoms with Gasteiger partial charge < -0.3 is 24.4 Å². The van der Waals surface area contributed by atoms with Gasteiger partial charge in [-0.25, -0.2) is 0 Å². The fourth-order valence-electron chi connectivity index (χ4n) is 3.54. The monoisotopic (exact) mass is 419 g/mol. The third-order valence-corrected chi connectivity index (χ3v) is 5.40. The van der Waals surface area contributed by atoms with Gasteiger partial charge in [0.25, 0.3) is 0 Å². The highest BCUT2D eigenvalue weighted by molar-refractivity contribution is 6.30. The average Bonchev–Trinajstić information content (AvgIpc) is 2.72. The Morgan fingerprint density at radius 3 is 2.62 bits per heavy atom. The number of ether oxygens (including phenoxy) is 2. The van der Waals surface area contributed by atoms with Gasteiger partial charge in [0.2, 0.25) is 0 Å². The Bertz CT molecular complexity index is 837. The molecule has 0 bridgehead atoms. The molecular formula is C22H28ClN2O4+. The highest BCUT2D eigenvalue weighted by Gasteiger charge is 2.23. The first-order valence-corrected chi connectivity index (χ1v) is 10.2. The summed E-state index contributed by atoms with van der Waals surface area (Å²) in [6.07, 6.45) is -0.583. The largest absolute Gasteiger partial charge is 0.493 e. The lowest BCUT2D eigenvalue weighted by Gasteiger charge is -2.34. The summed E-state index contributed by atoms with van der Waals surface area (Å²) in [5.74, 6) is 0.986. The van der Waals surface area contributed by atoms with Gasteiger partial charge in [-0.1, -0.05) is 17.7 Å². The minimum atomic E-state index is -0.583. The first kappa shape index (κ1) is 21.4. The summed E-state index contributed by atoms with van der Waals surface area (Å²) in [5, 5.41) is 11.2. The lowest BCUT2D eigenvalue weighted by molar-refractivity contribution is -0.903. The SMILES string of the molecule is COc1cc(C(C)=O)ccc1OC[C@H](O)C[NH+]1CCN(c2cccc(Cl)c2)CC1. The van der Waals surface area contributed by atoms with E-state index in [9.17, 15) is 9.90 Å². The van der Waals surface area contributed by atoms with Crippen molar-refractivity contribution in [2.24, 2.45) is 0 Å². The van der Waals surface area contributed by atoms with E-state index in [-0.39, 0.29) is 12.4 Å². The zero-order valence-corrected chi connectivity index (χ0v) is 17.6. The number of halogens is 1. The molecule has 2 aromatic carbocycles. The number of quaternary nitrogens is 1.